The number of halogens is 4. The lowest BCUT2D eigenvalue weighted by molar-refractivity contribution is -0.274. The van der Waals surface area contributed by atoms with Crippen LogP contribution < -0.4 is 15.0 Å². The number of anilines is 1. The molecular weight excluding hydrogens is 529 g/mol. The predicted octanol–water partition coefficient (Wildman–Crippen LogP) is 6.76. The maximum Gasteiger partial charge on any atom is 0.573 e. The summed E-state index contributed by atoms with van der Waals surface area (Å²) in [4.78, 5) is 15.4. The number of carbonyl (C=O) groups excluding carboxylic acids is 1. The van der Waals surface area contributed by atoms with Crippen LogP contribution in [0.2, 0.25) is 5.02 Å². The number of pyridine rings is 1. The summed E-state index contributed by atoms with van der Waals surface area (Å²) in [6.45, 7) is 4.04. The standard InChI is InChI=1S/C29H28ClF3N4O2/c1-2-25-27(26-17-22(30)13-16-37(26)35-25)28(38)34-18-19-3-7-23(8-4-19)36-14-11-21(12-15-36)20-5-9-24(10-6-20)39-29(31,32)33/h3-10,13,16-17,21H,2,11-12,14-15,18H2,1H3,(H,34,38). The van der Waals surface area contributed by atoms with Gasteiger partial charge in [0, 0.05) is 36.5 Å². The fraction of sp³-hybridized carbons (Fsp3) is 0.310. The van der Waals surface area contributed by atoms with E-state index < -0.39 is 6.36 Å². The first-order valence-electron chi connectivity index (χ1n) is 12.8. The van der Waals surface area contributed by atoms with Crippen molar-refractivity contribution in [3.05, 3.63) is 94.3 Å². The Kier molecular flexibility index (Phi) is 7.70. The van der Waals surface area contributed by atoms with Crippen molar-refractivity contribution in [2.24, 2.45) is 0 Å². The van der Waals surface area contributed by atoms with Crippen LogP contribution in [0.5, 0.6) is 5.75 Å². The first-order chi connectivity index (χ1) is 18.7. The average molecular weight is 557 g/mol. The van der Waals surface area contributed by atoms with Gasteiger partial charge in [-0.3, -0.25) is 4.79 Å². The van der Waals surface area contributed by atoms with Crippen molar-refractivity contribution in [2.75, 3.05) is 18.0 Å². The second kappa shape index (κ2) is 11.2. The third kappa shape index (κ3) is 6.30. The minimum Gasteiger partial charge on any atom is -0.406 e. The summed E-state index contributed by atoms with van der Waals surface area (Å²) in [6, 6.07) is 17.8. The Morgan fingerprint density at radius 1 is 1.08 bits per heavy atom. The Morgan fingerprint density at radius 2 is 1.77 bits per heavy atom. The van der Waals surface area contributed by atoms with Gasteiger partial charge in [-0.05, 0) is 72.7 Å². The van der Waals surface area contributed by atoms with Crippen molar-refractivity contribution >= 4 is 28.7 Å². The van der Waals surface area contributed by atoms with E-state index in [1.54, 1.807) is 35.0 Å². The first kappa shape index (κ1) is 26.9. The summed E-state index contributed by atoms with van der Waals surface area (Å²) < 4.78 is 42.8. The molecule has 0 radical (unpaired) electrons. The van der Waals surface area contributed by atoms with Crippen molar-refractivity contribution in [3.8, 4) is 5.75 Å². The summed E-state index contributed by atoms with van der Waals surface area (Å²) >= 11 is 6.15. The number of piperidine rings is 1. The predicted molar refractivity (Wildman–Crippen MR) is 145 cm³/mol. The summed E-state index contributed by atoms with van der Waals surface area (Å²) in [6.07, 6.45) is -0.498. The lowest BCUT2D eigenvalue weighted by Gasteiger charge is -2.34. The van der Waals surface area contributed by atoms with Crippen LogP contribution in [-0.2, 0) is 13.0 Å². The Bertz CT molecular complexity index is 1440. The highest BCUT2D eigenvalue weighted by Gasteiger charge is 2.31. The topological polar surface area (TPSA) is 58.9 Å². The number of aromatic nitrogens is 2. The van der Waals surface area contributed by atoms with E-state index >= 15 is 0 Å². The van der Waals surface area contributed by atoms with Gasteiger partial charge in [-0.25, -0.2) is 4.52 Å². The molecule has 0 bridgehead atoms. The van der Waals surface area contributed by atoms with E-state index in [4.69, 9.17) is 11.6 Å². The van der Waals surface area contributed by atoms with Crippen molar-refractivity contribution in [2.45, 2.75) is 45.0 Å². The molecular formula is C29H28ClF3N4O2. The molecule has 0 spiro atoms. The van der Waals surface area contributed by atoms with Gasteiger partial charge in [0.15, 0.2) is 0 Å². The van der Waals surface area contributed by atoms with E-state index in [0.29, 0.717) is 35.0 Å². The van der Waals surface area contributed by atoms with Gasteiger partial charge in [0.05, 0.1) is 16.8 Å². The van der Waals surface area contributed by atoms with E-state index in [1.165, 1.54) is 12.1 Å². The summed E-state index contributed by atoms with van der Waals surface area (Å²) in [5.41, 5.74) is 5.05. The minimum absolute atomic E-state index is 0.187. The largest absolute Gasteiger partial charge is 0.573 e. The molecule has 10 heteroatoms. The molecule has 2 aromatic carbocycles. The number of hydrogen-bond acceptors (Lipinski definition) is 4. The summed E-state index contributed by atoms with van der Waals surface area (Å²) in [5.74, 6) is -0.0967. The maximum atomic E-state index is 13.1. The molecule has 1 fully saturated rings. The van der Waals surface area contributed by atoms with E-state index in [9.17, 15) is 18.0 Å². The number of aryl methyl sites for hydroxylation is 1. The SMILES string of the molecule is CCc1nn2ccc(Cl)cc2c1C(=O)NCc1ccc(N2CCC(c3ccc(OC(F)(F)F)cc3)CC2)cc1. The van der Waals surface area contributed by atoms with Crippen LogP contribution in [0.15, 0.2) is 66.9 Å². The van der Waals surface area contributed by atoms with E-state index in [1.807, 2.05) is 19.1 Å². The summed E-state index contributed by atoms with van der Waals surface area (Å²) in [7, 11) is 0. The van der Waals surface area contributed by atoms with Crippen LogP contribution in [-0.4, -0.2) is 35.0 Å². The lowest BCUT2D eigenvalue weighted by atomic mass is 9.89. The molecule has 1 aliphatic heterocycles. The fourth-order valence-electron chi connectivity index (χ4n) is 5.07. The van der Waals surface area contributed by atoms with Gasteiger partial charge in [0.1, 0.15) is 5.75 Å². The smallest absolute Gasteiger partial charge is 0.406 e. The zero-order valence-electron chi connectivity index (χ0n) is 21.3. The maximum absolute atomic E-state index is 13.1. The molecule has 3 heterocycles. The normalized spacial score (nSPS) is 14.5. The molecule has 1 amide bonds. The number of benzene rings is 2. The van der Waals surface area contributed by atoms with Crippen LogP contribution in [0.1, 0.15) is 52.9 Å². The Morgan fingerprint density at radius 3 is 2.41 bits per heavy atom. The highest BCUT2D eigenvalue weighted by Crippen LogP contribution is 2.32. The highest BCUT2D eigenvalue weighted by molar-refractivity contribution is 6.31. The van der Waals surface area contributed by atoms with E-state index in [-0.39, 0.29) is 11.7 Å². The number of ether oxygens (including phenoxy) is 1. The number of rotatable bonds is 7. The number of alkyl halides is 3. The molecule has 0 aliphatic carbocycles. The third-order valence-corrected chi connectivity index (χ3v) is 7.30. The van der Waals surface area contributed by atoms with Gasteiger partial charge >= 0.3 is 6.36 Å². The third-order valence-electron chi connectivity index (χ3n) is 7.07. The zero-order chi connectivity index (χ0) is 27.6. The van der Waals surface area contributed by atoms with Crippen LogP contribution in [0, 0.1) is 0 Å². The Balaban J connectivity index is 1.16. The molecule has 0 atom stereocenters. The van der Waals surface area contributed by atoms with Gasteiger partial charge < -0.3 is 15.0 Å². The molecule has 1 N–H and O–H groups in total. The molecule has 39 heavy (non-hydrogen) atoms. The molecule has 5 rings (SSSR count). The fourth-order valence-corrected chi connectivity index (χ4v) is 5.23. The molecule has 1 aliphatic rings. The highest BCUT2D eigenvalue weighted by atomic mass is 35.5. The average Bonchev–Trinajstić information content (AvgIpc) is 3.29. The molecule has 0 saturated carbocycles. The van der Waals surface area contributed by atoms with Crippen LogP contribution in [0.25, 0.3) is 5.52 Å². The second-order valence-corrected chi connectivity index (χ2v) is 10.0. The van der Waals surface area contributed by atoms with Gasteiger partial charge in [0.2, 0.25) is 0 Å². The monoisotopic (exact) mass is 556 g/mol. The molecule has 4 aromatic rings. The Hall–Kier alpha value is -3.72. The van der Waals surface area contributed by atoms with Gasteiger partial charge in [-0.15, -0.1) is 13.2 Å². The molecule has 0 unspecified atom stereocenters. The number of fused-ring (bicyclic) bond motifs is 1. The van der Waals surface area contributed by atoms with E-state index in [0.717, 1.165) is 48.4 Å². The molecule has 6 nitrogen and oxygen atoms in total. The van der Waals surface area contributed by atoms with Crippen molar-refractivity contribution < 1.29 is 22.7 Å². The lowest BCUT2D eigenvalue weighted by Crippen LogP contribution is -2.32. The van der Waals surface area contributed by atoms with Gasteiger partial charge in [-0.2, -0.15) is 5.10 Å². The molecule has 2 aromatic heterocycles. The van der Waals surface area contributed by atoms with E-state index in [2.05, 4.69) is 32.2 Å². The minimum atomic E-state index is -4.68. The first-order valence-corrected chi connectivity index (χ1v) is 13.2. The number of carbonyl (C=O) groups is 1. The second-order valence-electron chi connectivity index (χ2n) is 9.58. The van der Waals surface area contributed by atoms with Crippen molar-refractivity contribution in [1.82, 2.24) is 14.9 Å². The molecule has 204 valence electrons. The van der Waals surface area contributed by atoms with Crippen LogP contribution in [0.4, 0.5) is 18.9 Å². The number of nitrogens with one attached hydrogen (secondary N) is 1. The van der Waals surface area contributed by atoms with Crippen LogP contribution >= 0.6 is 11.6 Å². The number of amides is 1. The quantitative estimate of drug-likeness (QED) is 0.273. The van der Waals surface area contributed by atoms with Gasteiger partial charge in [-0.1, -0.05) is 42.8 Å². The van der Waals surface area contributed by atoms with Crippen LogP contribution in [0.3, 0.4) is 0 Å². The zero-order valence-corrected chi connectivity index (χ0v) is 22.1. The Labute approximate surface area is 229 Å². The van der Waals surface area contributed by atoms with Crippen molar-refractivity contribution in [1.29, 1.82) is 0 Å². The summed E-state index contributed by atoms with van der Waals surface area (Å²) in [5, 5.41) is 8.05. The van der Waals surface area contributed by atoms with Gasteiger partial charge in [0.25, 0.3) is 5.91 Å². The van der Waals surface area contributed by atoms with Crippen molar-refractivity contribution in [3.63, 3.8) is 0 Å². The molecule has 1 saturated heterocycles. The number of nitrogens with zero attached hydrogens (tertiary/aromatic N) is 3. The number of hydrogen-bond donors (Lipinski definition) is 1.